The summed E-state index contributed by atoms with van der Waals surface area (Å²) >= 11 is 0. The molecule has 2 rings (SSSR count). The molecule has 1 N–H and O–H groups in total. The van der Waals surface area contributed by atoms with Crippen LogP contribution in [-0.2, 0) is 4.74 Å². The van der Waals surface area contributed by atoms with Crippen LogP contribution in [0.15, 0.2) is 18.2 Å². The van der Waals surface area contributed by atoms with Crippen LogP contribution in [0.4, 0.5) is 0 Å². The van der Waals surface area contributed by atoms with Crippen LogP contribution < -0.4 is 10.1 Å². The fourth-order valence-corrected chi connectivity index (χ4v) is 2.21. The first kappa shape index (κ1) is 13.4. The highest BCUT2D eigenvalue weighted by molar-refractivity contribution is 5.37. The van der Waals surface area contributed by atoms with Gasteiger partial charge < -0.3 is 14.8 Å². The number of ether oxygens (including phenoxy) is 2. The summed E-state index contributed by atoms with van der Waals surface area (Å²) < 4.78 is 11.4. The zero-order valence-corrected chi connectivity index (χ0v) is 11.5. The summed E-state index contributed by atoms with van der Waals surface area (Å²) in [6.07, 6.45) is 2.30. The maximum Gasteiger partial charge on any atom is 0.122 e. The summed E-state index contributed by atoms with van der Waals surface area (Å²) in [6.45, 7) is 5.91. The highest BCUT2D eigenvalue weighted by atomic mass is 16.5. The van der Waals surface area contributed by atoms with Gasteiger partial charge in [-0.15, -0.1) is 0 Å². The molecular weight excluding hydrogens is 226 g/mol. The summed E-state index contributed by atoms with van der Waals surface area (Å²) in [5, 5.41) is 3.25. The van der Waals surface area contributed by atoms with Crippen molar-refractivity contribution < 1.29 is 9.47 Å². The number of nitrogens with one attached hydrogen (secondary N) is 1. The second-order valence-corrected chi connectivity index (χ2v) is 4.96. The van der Waals surface area contributed by atoms with Gasteiger partial charge in [-0.3, -0.25) is 0 Å². The van der Waals surface area contributed by atoms with Crippen molar-refractivity contribution in [1.29, 1.82) is 0 Å². The zero-order valence-electron chi connectivity index (χ0n) is 11.5. The summed E-state index contributed by atoms with van der Waals surface area (Å²) in [5.74, 6) is 1.01. The Balaban J connectivity index is 2.04. The molecule has 1 fully saturated rings. The number of benzene rings is 1. The van der Waals surface area contributed by atoms with E-state index in [1.54, 1.807) is 0 Å². The average molecular weight is 249 g/mol. The van der Waals surface area contributed by atoms with Gasteiger partial charge in [0.25, 0.3) is 0 Å². The van der Waals surface area contributed by atoms with Crippen molar-refractivity contribution in [1.82, 2.24) is 5.32 Å². The van der Waals surface area contributed by atoms with Crippen molar-refractivity contribution in [2.24, 2.45) is 0 Å². The van der Waals surface area contributed by atoms with Gasteiger partial charge in [0.15, 0.2) is 0 Å². The van der Waals surface area contributed by atoms with Gasteiger partial charge in [-0.2, -0.15) is 0 Å². The van der Waals surface area contributed by atoms with Crippen LogP contribution in [0.25, 0.3) is 0 Å². The molecular formula is C15H23NO2. The number of hydrogen-bond donors (Lipinski definition) is 1. The van der Waals surface area contributed by atoms with Crippen molar-refractivity contribution in [2.45, 2.75) is 38.8 Å². The predicted octanol–water partition coefficient (Wildman–Crippen LogP) is 2.83. The Kier molecular flexibility index (Phi) is 4.61. The minimum absolute atomic E-state index is 0.310. The molecule has 1 saturated heterocycles. The second-order valence-electron chi connectivity index (χ2n) is 4.96. The van der Waals surface area contributed by atoms with E-state index in [-0.39, 0.29) is 0 Å². The lowest BCUT2D eigenvalue weighted by molar-refractivity contribution is 0.0253. The number of hydrogen-bond acceptors (Lipinski definition) is 3. The summed E-state index contributed by atoms with van der Waals surface area (Å²) in [5.41, 5.74) is 2.51. The van der Waals surface area contributed by atoms with Crippen molar-refractivity contribution in [3.05, 3.63) is 29.3 Å². The summed E-state index contributed by atoms with van der Waals surface area (Å²) in [4.78, 5) is 0. The van der Waals surface area contributed by atoms with Crippen LogP contribution in [0.5, 0.6) is 5.75 Å². The highest BCUT2D eigenvalue weighted by Gasteiger charge is 2.16. The molecule has 0 aromatic heterocycles. The molecule has 3 nitrogen and oxygen atoms in total. The maximum absolute atomic E-state index is 6.05. The van der Waals surface area contributed by atoms with E-state index in [1.165, 1.54) is 11.1 Å². The van der Waals surface area contributed by atoms with Gasteiger partial charge in [0.2, 0.25) is 0 Å². The first-order valence-corrected chi connectivity index (χ1v) is 6.73. The van der Waals surface area contributed by atoms with Gasteiger partial charge in [-0.05, 0) is 38.1 Å². The van der Waals surface area contributed by atoms with E-state index in [0.29, 0.717) is 12.1 Å². The fraction of sp³-hybridized carbons (Fsp3) is 0.600. The Morgan fingerprint density at radius 3 is 2.67 bits per heavy atom. The lowest BCUT2D eigenvalue weighted by atomic mass is 10.0. The van der Waals surface area contributed by atoms with E-state index >= 15 is 0 Å². The van der Waals surface area contributed by atoms with Gasteiger partial charge in [0.1, 0.15) is 11.9 Å². The van der Waals surface area contributed by atoms with E-state index in [9.17, 15) is 0 Å². The lowest BCUT2D eigenvalue weighted by Gasteiger charge is -2.24. The van der Waals surface area contributed by atoms with Crippen molar-refractivity contribution in [3.8, 4) is 5.75 Å². The Labute approximate surface area is 109 Å². The third-order valence-corrected chi connectivity index (χ3v) is 3.59. The van der Waals surface area contributed by atoms with Crippen LogP contribution >= 0.6 is 0 Å². The van der Waals surface area contributed by atoms with E-state index in [2.05, 4.69) is 37.4 Å². The summed E-state index contributed by atoms with van der Waals surface area (Å²) in [7, 11) is 1.98. The molecule has 1 aromatic carbocycles. The topological polar surface area (TPSA) is 30.5 Å². The quantitative estimate of drug-likeness (QED) is 0.890. The van der Waals surface area contributed by atoms with Gasteiger partial charge >= 0.3 is 0 Å². The Morgan fingerprint density at radius 2 is 2.06 bits per heavy atom. The molecule has 1 aliphatic rings. The maximum atomic E-state index is 6.05. The molecule has 1 heterocycles. The minimum atomic E-state index is 0.310. The summed E-state index contributed by atoms with van der Waals surface area (Å²) in [6, 6.07) is 6.81. The monoisotopic (exact) mass is 249 g/mol. The molecule has 1 atom stereocenters. The molecule has 3 heteroatoms. The first-order valence-electron chi connectivity index (χ1n) is 6.73. The SMILES string of the molecule is CNC(C)c1ccc(OC2CCOCC2)c(C)c1. The molecule has 0 bridgehead atoms. The van der Waals surface area contributed by atoms with Gasteiger partial charge in [0, 0.05) is 18.9 Å². The predicted molar refractivity (Wildman–Crippen MR) is 73.1 cm³/mol. The standard InChI is InChI=1S/C15H23NO2/c1-11-10-13(12(2)16-3)4-5-15(11)18-14-6-8-17-9-7-14/h4-5,10,12,14,16H,6-9H2,1-3H3. The Bertz CT molecular complexity index is 386. The molecule has 0 spiro atoms. The largest absolute Gasteiger partial charge is 0.490 e. The van der Waals surface area contributed by atoms with Crippen molar-refractivity contribution in [3.63, 3.8) is 0 Å². The van der Waals surface area contributed by atoms with Gasteiger partial charge in [-0.25, -0.2) is 0 Å². The van der Waals surface area contributed by atoms with E-state index in [0.717, 1.165) is 31.8 Å². The third-order valence-electron chi connectivity index (χ3n) is 3.59. The van der Waals surface area contributed by atoms with Gasteiger partial charge in [0.05, 0.1) is 13.2 Å². The Hall–Kier alpha value is -1.06. The fourth-order valence-electron chi connectivity index (χ4n) is 2.21. The number of aryl methyl sites for hydroxylation is 1. The normalized spacial score (nSPS) is 18.6. The molecule has 0 radical (unpaired) electrons. The van der Waals surface area contributed by atoms with E-state index in [4.69, 9.17) is 9.47 Å². The van der Waals surface area contributed by atoms with Crippen LogP contribution in [-0.4, -0.2) is 26.4 Å². The molecule has 1 aliphatic heterocycles. The minimum Gasteiger partial charge on any atom is -0.490 e. The Morgan fingerprint density at radius 1 is 1.33 bits per heavy atom. The molecule has 18 heavy (non-hydrogen) atoms. The van der Waals surface area contributed by atoms with Crippen LogP contribution in [0.2, 0.25) is 0 Å². The van der Waals surface area contributed by atoms with Crippen LogP contribution in [0.1, 0.15) is 36.9 Å². The second kappa shape index (κ2) is 6.21. The average Bonchev–Trinajstić information content (AvgIpc) is 2.41. The van der Waals surface area contributed by atoms with E-state index in [1.807, 2.05) is 7.05 Å². The first-order chi connectivity index (χ1) is 8.70. The highest BCUT2D eigenvalue weighted by Crippen LogP contribution is 2.25. The molecule has 0 amide bonds. The molecule has 0 saturated carbocycles. The van der Waals surface area contributed by atoms with Crippen molar-refractivity contribution >= 4 is 0 Å². The molecule has 0 aliphatic carbocycles. The molecule has 100 valence electrons. The number of rotatable bonds is 4. The zero-order chi connectivity index (χ0) is 13.0. The smallest absolute Gasteiger partial charge is 0.122 e. The van der Waals surface area contributed by atoms with E-state index < -0.39 is 0 Å². The lowest BCUT2D eigenvalue weighted by Crippen LogP contribution is -2.26. The molecule has 1 unspecified atom stereocenters. The molecule has 1 aromatic rings. The van der Waals surface area contributed by atoms with Gasteiger partial charge in [-0.1, -0.05) is 12.1 Å². The van der Waals surface area contributed by atoms with Crippen LogP contribution in [0.3, 0.4) is 0 Å². The van der Waals surface area contributed by atoms with Crippen molar-refractivity contribution in [2.75, 3.05) is 20.3 Å². The third kappa shape index (κ3) is 3.24. The van der Waals surface area contributed by atoms with Crippen LogP contribution in [0, 0.1) is 6.92 Å².